The maximum atomic E-state index is 2.50. The van der Waals surface area contributed by atoms with E-state index in [1.807, 2.05) is 0 Å². The highest BCUT2D eigenvalue weighted by atomic mass is 14.5. The lowest BCUT2D eigenvalue weighted by Crippen LogP contribution is -2.31. The third kappa shape index (κ3) is 3.43. The Bertz CT molecular complexity index is 890. The van der Waals surface area contributed by atoms with Gasteiger partial charge in [-0.3, -0.25) is 0 Å². The Morgan fingerprint density at radius 1 is 0.963 bits per heavy atom. The summed E-state index contributed by atoms with van der Waals surface area (Å²) in [4.78, 5) is 0. The highest BCUT2D eigenvalue weighted by Gasteiger charge is 2.47. The van der Waals surface area contributed by atoms with Crippen molar-refractivity contribution in [2.75, 3.05) is 0 Å². The lowest BCUT2D eigenvalue weighted by molar-refractivity contribution is 0.409. The molecule has 2 aromatic carbocycles. The van der Waals surface area contributed by atoms with E-state index in [-0.39, 0.29) is 5.41 Å². The van der Waals surface area contributed by atoms with E-state index in [2.05, 4.69) is 94.5 Å². The quantitative estimate of drug-likeness (QED) is 0.551. The molecule has 0 heteroatoms. The van der Waals surface area contributed by atoms with E-state index >= 15 is 0 Å². The molecular formula is C27H32. The van der Waals surface area contributed by atoms with Gasteiger partial charge < -0.3 is 0 Å². The van der Waals surface area contributed by atoms with E-state index in [9.17, 15) is 0 Å². The fourth-order valence-corrected chi connectivity index (χ4v) is 5.14. The van der Waals surface area contributed by atoms with Gasteiger partial charge in [0.2, 0.25) is 0 Å². The van der Waals surface area contributed by atoms with Crippen LogP contribution in [0.2, 0.25) is 0 Å². The van der Waals surface area contributed by atoms with E-state index in [0.29, 0.717) is 11.3 Å². The minimum absolute atomic E-state index is 0.0813. The van der Waals surface area contributed by atoms with Gasteiger partial charge in [-0.25, -0.2) is 0 Å². The Kier molecular flexibility index (Phi) is 4.62. The first-order chi connectivity index (χ1) is 12.9. The molecule has 0 spiro atoms. The van der Waals surface area contributed by atoms with Crippen LogP contribution in [-0.4, -0.2) is 0 Å². The van der Waals surface area contributed by atoms with Crippen LogP contribution >= 0.6 is 0 Å². The van der Waals surface area contributed by atoms with E-state index in [1.165, 1.54) is 28.7 Å². The summed E-state index contributed by atoms with van der Waals surface area (Å²) in [6.45, 7) is 9.24. The van der Waals surface area contributed by atoms with E-state index in [0.717, 1.165) is 19.3 Å². The van der Waals surface area contributed by atoms with Crippen molar-refractivity contribution in [3.63, 3.8) is 0 Å². The first-order valence-electron chi connectivity index (χ1n) is 10.5. The highest BCUT2D eigenvalue weighted by Crippen LogP contribution is 2.54. The molecule has 0 amide bonds. The van der Waals surface area contributed by atoms with Crippen LogP contribution in [0, 0.1) is 11.3 Å². The van der Waals surface area contributed by atoms with Crippen LogP contribution in [0.4, 0.5) is 0 Å². The monoisotopic (exact) mass is 356 g/mol. The van der Waals surface area contributed by atoms with Gasteiger partial charge in [0, 0.05) is 5.41 Å². The minimum atomic E-state index is 0.0813. The van der Waals surface area contributed by atoms with Crippen molar-refractivity contribution in [2.45, 2.75) is 58.8 Å². The van der Waals surface area contributed by atoms with Crippen molar-refractivity contribution < 1.29 is 0 Å². The van der Waals surface area contributed by atoms with Crippen molar-refractivity contribution in [2.24, 2.45) is 11.3 Å². The van der Waals surface area contributed by atoms with Gasteiger partial charge in [-0.15, -0.1) is 0 Å². The second-order valence-electron chi connectivity index (χ2n) is 9.66. The standard InChI is InChI=1S/C27H32/c1-5-20-9-6-12-23(15-20)27(19-22-11-8-14-25(27)17-22)24-13-7-10-21(16-24)18-26(2,3)4/h6-16,25H,5,17-19H2,1-4H3. The third-order valence-corrected chi connectivity index (χ3v) is 6.32. The van der Waals surface area contributed by atoms with Crippen LogP contribution in [0.1, 0.15) is 62.8 Å². The van der Waals surface area contributed by atoms with Gasteiger partial charge in [0.05, 0.1) is 0 Å². The molecule has 0 heterocycles. The number of rotatable bonds is 4. The maximum Gasteiger partial charge on any atom is 0.0305 e. The fourth-order valence-electron chi connectivity index (χ4n) is 5.14. The van der Waals surface area contributed by atoms with Gasteiger partial charge in [0.25, 0.3) is 0 Å². The predicted molar refractivity (Wildman–Crippen MR) is 116 cm³/mol. The lowest BCUT2D eigenvalue weighted by atomic mass is 9.66. The Morgan fingerprint density at radius 2 is 1.63 bits per heavy atom. The third-order valence-electron chi connectivity index (χ3n) is 6.32. The van der Waals surface area contributed by atoms with E-state index in [4.69, 9.17) is 0 Å². The first-order valence-corrected chi connectivity index (χ1v) is 10.5. The molecule has 0 aliphatic heterocycles. The zero-order valence-electron chi connectivity index (χ0n) is 17.3. The topological polar surface area (TPSA) is 0 Å². The second kappa shape index (κ2) is 6.82. The molecule has 0 radical (unpaired) electrons. The number of aryl methyl sites for hydroxylation is 1. The molecule has 1 fully saturated rings. The molecule has 0 saturated heterocycles. The number of hydrogen-bond acceptors (Lipinski definition) is 0. The Balaban J connectivity index is 1.86. The summed E-state index contributed by atoms with van der Waals surface area (Å²) in [7, 11) is 0. The zero-order chi connectivity index (χ0) is 19.1. The summed E-state index contributed by atoms with van der Waals surface area (Å²) >= 11 is 0. The van der Waals surface area contributed by atoms with Crippen molar-refractivity contribution in [3.8, 4) is 0 Å². The van der Waals surface area contributed by atoms with E-state index < -0.39 is 0 Å². The molecule has 4 rings (SSSR count). The molecular weight excluding hydrogens is 324 g/mol. The van der Waals surface area contributed by atoms with Crippen molar-refractivity contribution in [3.05, 3.63) is 94.6 Å². The number of hydrogen-bond donors (Lipinski definition) is 0. The van der Waals surface area contributed by atoms with Crippen LogP contribution < -0.4 is 0 Å². The molecule has 0 N–H and O–H groups in total. The summed E-state index contributed by atoms with van der Waals surface area (Å²) in [5.41, 5.74) is 7.89. The molecule has 1 saturated carbocycles. The summed E-state index contributed by atoms with van der Waals surface area (Å²) < 4.78 is 0. The van der Waals surface area contributed by atoms with Crippen molar-refractivity contribution in [1.29, 1.82) is 0 Å². The number of allylic oxidation sites excluding steroid dienone is 4. The average molecular weight is 357 g/mol. The fraction of sp³-hybridized carbons (Fsp3) is 0.407. The number of fused-ring (bicyclic) bond motifs is 2. The van der Waals surface area contributed by atoms with Crippen LogP contribution in [-0.2, 0) is 18.3 Å². The molecule has 0 nitrogen and oxygen atoms in total. The Hall–Kier alpha value is -2.08. The van der Waals surface area contributed by atoms with Crippen LogP contribution in [0.5, 0.6) is 0 Å². The second-order valence-corrected chi connectivity index (χ2v) is 9.66. The van der Waals surface area contributed by atoms with E-state index in [1.54, 1.807) is 5.57 Å². The minimum Gasteiger partial charge on any atom is -0.0799 e. The first kappa shape index (κ1) is 18.3. The zero-order valence-corrected chi connectivity index (χ0v) is 17.3. The van der Waals surface area contributed by atoms with Gasteiger partial charge >= 0.3 is 0 Å². The van der Waals surface area contributed by atoms with Gasteiger partial charge in [0.1, 0.15) is 0 Å². The van der Waals surface area contributed by atoms with Gasteiger partial charge in [-0.05, 0) is 59.3 Å². The Morgan fingerprint density at radius 3 is 2.26 bits per heavy atom. The maximum absolute atomic E-state index is 2.50. The predicted octanol–water partition coefficient (Wildman–Crippen LogP) is 7.03. The molecule has 2 aliphatic rings. The van der Waals surface area contributed by atoms with Crippen LogP contribution in [0.15, 0.2) is 72.3 Å². The molecule has 27 heavy (non-hydrogen) atoms. The average Bonchev–Trinajstić information content (AvgIpc) is 2.91. The molecule has 2 aliphatic carbocycles. The molecule has 2 unspecified atom stereocenters. The molecule has 2 atom stereocenters. The largest absolute Gasteiger partial charge is 0.0799 e. The van der Waals surface area contributed by atoms with Crippen LogP contribution in [0.25, 0.3) is 0 Å². The SMILES string of the molecule is CCc1cccc(C2(c3cccc(CC(C)(C)C)c3)CC3=CC=CC2C3)c1. The van der Waals surface area contributed by atoms with Gasteiger partial charge in [-0.1, -0.05) is 100 Å². The van der Waals surface area contributed by atoms with Crippen LogP contribution in [0.3, 0.4) is 0 Å². The summed E-state index contributed by atoms with van der Waals surface area (Å²) in [5.74, 6) is 0.564. The number of benzene rings is 2. The molecule has 0 aromatic heterocycles. The molecule has 2 aromatic rings. The summed E-state index contributed by atoms with van der Waals surface area (Å²) in [5, 5.41) is 0. The summed E-state index contributed by atoms with van der Waals surface area (Å²) in [6.07, 6.45) is 11.7. The normalized spacial score (nSPS) is 24.1. The summed E-state index contributed by atoms with van der Waals surface area (Å²) in [6, 6.07) is 18.8. The van der Waals surface area contributed by atoms with Crippen molar-refractivity contribution in [1.82, 2.24) is 0 Å². The lowest BCUT2D eigenvalue weighted by Gasteiger charge is -2.36. The molecule has 2 bridgehead atoms. The Labute approximate surface area is 165 Å². The van der Waals surface area contributed by atoms with Crippen molar-refractivity contribution >= 4 is 0 Å². The van der Waals surface area contributed by atoms with Gasteiger partial charge in [0.15, 0.2) is 0 Å². The van der Waals surface area contributed by atoms with Gasteiger partial charge in [-0.2, -0.15) is 0 Å². The highest BCUT2D eigenvalue weighted by molar-refractivity contribution is 5.50. The molecule has 140 valence electrons. The smallest absolute Gasteiger partial charge is 0.0305 e.